The summed E-state index contributed by atoms with van der Waals surface area (Å²) >= 11 is 1.52. The lowest BCUT2D eigenvalue weighted by Crippen LogP contribution is -2.24. The van der Waals surface area contributed by atoms with Gasteiger partial charge in [0.2, 0.25) is 0 Å². The van der Waals surface area contributed by atoms with Crippen LogP contribution in [0.5, 0.6) is 0 Å². The minimum Gasteiger partial charge on any atom is -0.450 e. The molecule has 4 aromatic rings. The van der Waals surface area contributed by atoms with Crippen LogP contribution < -0.4 is 5.73 Å². The Balaban J connectivity index is 0.000000867. The van der Waals surface area contributed by atoms with Crippen molar-refractivity contribution in [1.82, 2.24) is 24.6 Å². The summed E-state index contributed by atoms with van der Waals surface area (Å²) in [5, 5.41) is 21.1. The van der Waals surface area contributed by atoms with Gasteiger partial charge in [-0.3, -0.25) is 4.98 Å². The molecule has 0 unspecified atom stereocenters. The summed E-state index contributed by atoms with van der Waals surface area (Å²) in [4.78, 5) is 22.3. The molecule has 4 heterocycles. The quantitative estimate of drug-likeness (QED) is 0.252. The van der Waals surface area contributed by atoms with E-state index in [9.17, 15) is 8.42 Å². The highest BCUT2D eigenvalue weighted by Crippen LogP contribution is 2.39. The van der Waals surface area contributed by atoms with E-state index < -0.39 is 16.0 Å². The standard InChI is InChI=1S/C24H28N6O4S2.CH2O3/c1-33-10-11-34-17-6-3-15(4-7-17)20-21(36(2,31)32)22(25)30-23(29-20)18(14-28-30)16-5-8-19(27-13-16)24-26-9-12-35-24;2-1(3)4/h5,8-9,12-15,17H,3-4,6-7,10-11,25H2,1-2H3;(H2,2,3,4)/t15-,17-;. The Labute approximate surface area is 234 Å². The normalized spacial score (nSPS) is 17.4. The van der Waals surface area contributed by atoms with Gasteiger partial charge in [-0.05, 0) is 31.7 Å². The smallest absolute Gasteiger partial charge is 0.450 e. The van der Waals surface area contributed by atoms with E-state index in [-0.39, 0.29) is 22.7 Å². The first-order chi connectivity index (χ1) is 19.1. The number of ether oxygens (including phenoxy) is 2. The molecule has 1 aliphatic rings. The number of hydrogen-bond acceptors (Lipinski definition) is 11. The van der Waals surface area contributed by atoms with Gasteiger partial charge in [-0.1, -0.05) is 6.07 Å². The van der Waals surface area contributed by atoms with Gasteiger partial charge in [-0.25, -0.2) is 23.2 Å². The number of thiazole rings is 1. The monoisotopic (exact) mass is 590 g/mol. The van der Waals surface area contributed by atoms with E-state index in [4.69, 9.17) is 35.2 Å². The lowest BCUT2D eigenvalue weighted by Gasteiger charge is -2.29. The van der Waals surface area contributed by atoms with Crippen molar-refractivity contribution in [1.29, 1.82) is 0 Å². The molecule has 4 N–H and O–H groups in total. The SMILES string of the molecule is COCCO[C@H]1CC[C@H](c2nc3c(-c4ccc(-c5nccs5)nc4)cnn3c(N)c2S(C)(=O)=O)CC1.O=C(O)O. The van der Waals surface area contributed by atoms with Gasteiger partial charge in [0, 0.05) is 48.2 Å². The second-order valence-corrected chi connectivity index (χ2v) is 12.0. The lowest BCUT2D eigenvalue weighted by molar-refractivity contribution is -0.00308. The minimum absolute atomic E-state index is 0.0440. The largest absolute Gasteiger partial charge is 0.503 e. The maximum atomic E-state index is 12.8. The third kappa shape index (κ3) is 6.72. The highest BCUT2D eigenvalue weighted by molar-refractivity contribution is 7.91. The van der Waals surface area contributed by atoms with Crippen LogP contribution in [0.2, 0.25) is 0 Å². The number of rotatable bonds is 8. The molecule has 4 aromatic heterocycles. The third-order valence-electron chi connectivity index (χ3n) is 6.46. The van der Waals surface area contributed by atoms with Crippen LogP contribution in [0.1, 0.15) is 37.3 Å². The Morgan fingerprint density at radius 2 is 1.88 bits per heavy atom. The number of methoxy groups -OCH3 is 1. The molecular formula is C25H30N6O7S2. The minimum atomic E-state index is -3.64. The number of carbonyl (C=O) groups is 1. The van der Waals surface area contributed by atoms with Crippen LogP contribution >= 0.6 is 11.3 Å². The fraction of sp³-hybridized carbons (Fsp3) is 0.400. The first kappa shape index (κ1) is 29.3. The van der Waals surface area contributed by atoms with E-state index in [2.05, 4.69) is 15.1 Å². The summed E-state index contributed by atoms with van der Waals surface area (Å²) in [6, 6.07) is 3.84. The van der Waals surface area contributed by atoms with Crippen LogP contribution in [0.25, 0.3) is 27.5 Å². The van der Waals surface area contributed by atoms with Crippen molar-refractivity contribution >= 4 is 38.8 Å². The highest BCUT2D eigenvalue weighted by Gasteiger charge is 2.32. The van der Waals surface area contributed by atoms with Crippen molar-refractivity contribution in [2.75, 3.05) is 32.3 Å². The molecule has 1 saturated carbocycles. The molecule has 1 aliphatic carbocycles. The molecule has 13 nitrogen and oxygen atoms in total. The Hall–Kier alpha value is -3.66. The molecule has 0 amide bonds. The summed E-state index contributed by atoms with van der Waals surface area (Å²) in [6.45, 7) is 1.10. The Morgan fingerprint density at radius 1 is 1.15 bits per heavy atom. The molecule has 0 aromatic carbocycles. The summed E-state index contributed by atoms with van der Waals surface area (Å²) in [6.07, 6.45) is 7.76. The zero-order valence-electron chi connectivity index (χ0n) is 21.9. The molecule has 40 heavy (non-hydrogen) atoms. The number of carboxylic acid groups (broad SMARTS) is 2. The van der Waals surface area contributed by atoms with E-state index in [0.717, 1.165) is 47.5 Å². The van der Waals surface area contributed by atoms with Crippen LogP contribution in [-0.2, 0) is 19.3 Å². The van der Waals surface area contributed by atoms with Crippen LogP contribution in [0.15, 0.2) is 41.0 Å². The topological polar surface area (TPSA) is 192 Å². The van der Waals surface area contributed by atoms with Crippen LogP contribution in [-0.4, -0.2) is 82.0 Å². The molecule has 0 saturated heterocycles. The number of aromatic nitrogens is 5. The average molecular weight is 591 g/mol. The van der Waals surface area contributed by atoms with Crippen LogP contribution in [0, 0.1) is 0 Å². The molecule has 0 spiro atoms. The Kier molecular flexibility index (Phi) is 9.29. The molecule has 0 bridgehead atoms. The number of sulfone groups is 1. The van der Waals surface area contributed by atoms with Gasteiger partial charge in [-0.15, -0.1) is 11.3 Å². The fourth-order valence-corrected chi connectivity index (χ4v) is 6.38. The molecule has 1 fully saturated rings. The van der Waals surface area contributed by atoms with Gasteiger partial charge in [0.1, 0.15) is 15.7 Å². The number of nitrogen functional groups attached to an aromatic ring is 1. The van der Waals surface area contributed by atoms with Gasteiger partial charge >= 0.3 is 6.16 Å². The number of hydrogen-bond donors (Lipinski definition) is 3. The number of nitrogens with two attached hydrogens (primary N) is 1. The number of pyridine rings is 1. The van der Waals surface area contributed by atoms with E-state index in [1.165, 1.54) is 22.1 Å². The molecule has 214 valence electrons. The molecule has 15 heteroatoms. The van der Waals surface area contributed by atoms with E-state index >= 15 is 0 Å². The average Bonchev–Trinajstić information content (AvgIpc) is 3.59. The molecule has 0 atom stereocenters. The Bertz CT molecular complexity index is 1540. The van der Waals surface area contributed by atoms with Crippen molar-refractivity contribution in [2.45, 2.75) is 42.6 Å². The number of nitrogens with zero attached hydrogens (tertiary/aromatic N) is 5. The zero-order chi connectivity index (χ0) is 28.9. The highest BCUT2D eigenvalue weighted by atomic mass is 32.2. The zero-order valence-corrected chi connectivity index (χ0v) is 23.6. The first-order valence-corrected chi connectivity index (χ1v) is 15.1. The van der Waals surface area contributed by atoms with Gasteiger partial charge in [-0.2, -0.15) is 9.61 Å². The van der Waals surface area contributed by atoms with Crippen LogP contribution in [0.4, 0.5) is 10.6 Å². The first-order valence-electron chi connectivity index (χ1n) is 12.4. The van der Waals surface area contributed by atoms with Crippen LogP contribution in [0.3, 0.4) is 0 Å². The summed E-state index contributed by atoms with van der Waals surface area (Å²) < 4.78 is 38.0. The van der Waals surface area contributed by atoms with Crippen molar-refractivity contribution in [2.24, 2.45) is 0 Å². The van der Waals surface area contributed by atoms with E-state index in [1.807, 2.05) is 17.5 Å². The van der Waals surface area contributed by atoms with Crippen molar-refractivity contribution in [3.05, 3.63) is 41.8 Å². The summed E-state index contributed by atoms with van der Waals surface area (Å²) in [5.74, 6) is 0.0343. The maximum Gasteiger partial charge on any atom is 0.503 e. The molecule has 5 rings (SSSR count). The Morgan fingerprint density at radius 3 is 2.45 bits per heavy atom. The molecule has 0 radical (unpaired) electrons. The van der Waals surface area contributed by atoms with Crippen molar-refractivity contribution in [3.8, 4) is 21.8 Å². The van der Waals surface area contributed by atoms with Crippen molar-refractivity contribution in [3.63, 3.8) is 0 Å². The summed E-state index contributed by atoms with van der Waals surface area (Å²) in [5.41, 5.74) is 9.76. The number of anilines is 1. The van der Waals surface area contributed by atoms with Gasteiger partial charge < -0.3 is 25.4 Å². The predicted molar refractivity (Wildman–Crippen MR) is 148 cm³/mol. The van der Waals surface area contributed by atoms with Gasteiger partial charge in [0.15, 0.2) is 15.5 Å². The maximum absolute atomic E-state index is 12.8. The van der Waals surface area contributed by atoms with Gasteiger partial charge in [0.05, 0.1) is 36.9 Å². The number of fused-ring (bicyclic) bond motifs is 1. The summed E-state index contributed by atoms with van der Waals surface area (Å²) in [7, 11) is -1.99. The third-order valence-corrected chi connectivity index (χ3v) is 8.42. The second kappa shape index (κ2) is 12.7. The van der Waals surface area contributed by atoms with Gasteiger partial charge in [0.25, 0.3) is 0 Å². The fourth-order valence-electron chi connectivity index (χ4n) is 4.71. The van der Waals surface area contributed by atoms with Crippen molar-refractivity contribution < 1.29 is 32.9 Å². The molecular weight excluding hydrogens is 560 g/mol. The predicted octanol–water partition coefficient (Wildman–Crippen LogP) is 3.81. The molecule has 0 aliphatic heterocycles. The van der Waals surface area contributed by atoms with E-state index in [0.29, 0.717) is 24.6 Å². The second-order valence-electron chi connectivity index (χ2n) is 9.17. The lowest BCUT2D eigenvalue weighted by atomic mass is 9.85. The van der Waals surface area contributed by atoms with E-state index in [1.54, 1.807) is 25.7 Å².